The van der Waals surface area contributed by atoms with Crippen molar-refractivity contribution >= 4 is 11.8 Å². The molecule has 2 saturated heterocycles. The lowest BCUT2D eigenvalue weighted by molar-refractivity contribution is -0.127. The average molecular weight is 278 g/mol. The Balaban J connectivity index is 0.000000200. The van der Waals surface area contributed by atoms with Crippen LogP contribution < -0.4 is 0 Å². The lowest BCUT2D eigenvalue weighted by atomic mass is 10.1. The SMILES string of the molecule is C=CC(=O)N1CCCCC1.C=CC(=O)N1CCCCC1. The topological polar surface area (TPSA) is 40.6 Å². The summed E-state index contributed by atoms with van der Waals surface area (Å²) in [6, 6.07) is 0. The minimum absolute atomic E-state index is 0.0831. The maximum atomic E-state index is 11.0. The van der Waals surface area contributed by atoms with E-state index in [9.17, 15) is 9.59 Å². The molecule has 2 heterocycles. The molecule has 0 atom stereocenters. The summed E-state index contributed by atoms with van der Waals surface area (Å²) >= 11 is 0. The zero-order valence-corrected chi connectivity index (χ0v) is 12.4. The van der Waals surface area contributed by atoms with Crippen LogP contribution in [0, 0.1) is 0 Å². The summed E-state index contributed by atoms with van der Waals surface area (Å²) in [6.07, 6.45) is 9.93. The molecular formula is C16H26N2O2. The van der Waals surface area contributed by atoms with E-state index in [-0.39, 0.29) is 11.8 Å². The van der Waals surface area contributed by atoms with Crippen LogP contribution in [0.1, 0.15) is 38.5 Å². The molecule has 2 fully saturated rings. The second-order valence-corrected chi connectivity index (χ2v) is 5.18. The predicted octanol–water partition coefficient (Wildman–Crippen LogP) is 2.37. The van der Waals surface area contributed by atoms with Crippen molar-refractivity contribution in [1.29, 1.82) is 0 Å². The first-order valence-electron chi connectivity index (χ1n) is 7.51. The number of hydrogen-bond acceptors (Lipinski definition) is 2. The van der Waals surface area contributed by atoms with Crippen LogP contribution in [0.4, 0.5) is 0 Å². The van der Waals surface area contributed by atoms with E-state index in [1.807, 2.05) is 9.80 Å². The Kier molecular flexibility index (Phi) is 7.70. The molecule has 0 spiro atoms. The van der Waals surface area contributed by atoms with Gasteiger partial charge in [0.15, 0.2) is 0 Å². The minimum atomic E-state index is 0.0831. The number of nitrogens with zero attached hydrogens (tertiary/aromatic N) is 2. The highest BCUT2D eigenvalue weighted by atomic mass is 16.2. The summed E-state index contributed by atoms with van der Waals surface area (Å²) in [5.74, 6) is 0.166. The maximum absolute atomic E-state index is 11.0. The summed E-state index contributed by atoms with van der Waals surface area (Å²) in [5, 5.41) is 0. The molecule has 2 amide bonds. The fraction of sp³-hybridized carbons (Fsp3) is 0.625. The Morgan fingerprint density at radius 2 is 0.950 bits per heavy atom. The molecule has 0 bridgehead atoms. The number of likely N-dealkylation sites (tertiary alicyclic amines) is 2. The largest absolute Gasteiger partial charge is 0.339 e. The molecule has 0 N–H and O–H groups in total. The standard InChI is InChI=1S/2C8H13NO/c2*1-2-8(10)9-6-4-3-5-7-9/h2*2H,1,3-7H2. The summed E-state index contributed by atoms with van der Waals surface area (Å²) in [4.78, 5) is 25.7. The van der Waals surface area contributed by atoms with Gasteiger partial charge in [-0.3, -0.25) is 9.59 Å². The number of rotatable bonds is 2. The highest BCUT2D eigenvalue weighted by Crippen LogP contribution is 2.09. The Labute approximate surface area is 122 Å². The van der Waals surface area contributed by atoms with Gasteiger partial charge >= 0.3 is 0 Å². The van der Waals surface area contributed by atoms with Crippen LogP contribution in [0.5, 0.6) is 0 Å². The number of piperidine rings is 2. The third-order valence-corrected chi connectivity index (χ3v) is 3.68. The van der Waals surface area contributed by atoms with Gasteiger partial charge in [0.1, 0.15) is 0 Å². The third-order valence-electron chi connectivity index (χ3n) is 3.68. The second-order valence-electron chi connectivity index (χ2n) is 5.18. The van der Waals surface area contributed by atoms with Crippen molar-refractivity contribution in [2.45, 2.75) is 38.5 Å². The van der Waals surface area contributed by atoms with Gasteiger partial charge in [0.25, 0.3) is 0 Å². The fourth-order valence-corrected chi connectivity index (χ4v) is 2.49. The fourth-order valence-electron chi connectivity index (χ4n) is 2.49. The van der Waals surface area contributed by atoms with E-state index in [4.69, 9.17) is 0 Å². The molecule has 0 aliphatic carbocycles. The number of carbonyl (C=O) groups excluding carboxylic acids is 2. The van der Waals surface area contributed by atoms with Gasteiger partial charge in [-0.1, -0.05) is 13.2 Å². The molecule has 0 unspecified atom stereocenters. The molecular weight excluding hydrogens is 252 g/mol. The Morgan fingerprint density at radius 1 is 0.650 bits per heavy atom. The average Bonchev–Trinajstić information content (AvgIpc) is 2.55. The van der Waals surface area contributed by atoms with Gasteiger partial charge in [-0.05, 0) is 50.7 Å². The van der Waals surface area contributed by atoms with Gasteiger partial charge < -0.3 is 9.80 Å². The zero-order valence-electron chi connectivity index (χ0n) is 12.4. The maximum Gasteiger partial charge on any atom is 0.245 e. The third kappa shape index (κ3) is 5.59. The van der Waals surface area contributed by atoms with Crippen molar-refractivity contribution in [3.8, 4) is 0 Å². The molecule has 112 valence electrons. The molecule has 20 heavy (non-hydrogen) atoms. The number of amides is 2. The summed E-state index contributed by atoms with van der Waals surface area (Å²) in [6.45, 7) is 10.6. The van der Waals surface area contributed by atoms with Crippen molar-refractivity contribution in [2.75, 3.05) is 26.2 Å². The van der Waals surface area contributed by atoms with Crippen molar-refractivity contribution in [1.82, 2.24) is 9.80 Å². The first-order chi connectivity index (χ1) is 9.69. The van der Waals surface area contributed by atoms with Crippen LogP contribution in [0.15, 0.2) is 25.3 Å². The highest BCUT2D eigenvalue weighted by Gasteiger charge is 2.13. The Bertz CT molecular complexity index is 306. The van der Waals surface area contributed by atoms with E-state index in [0.29, 0.717) is 0 Å². The van der Waals surface area contributed by atoms with E-state index < -0.39 is 0 Å². The van der Waals surface area contributed by atoms with Gasteiger partial charge in [0, 0.05) is 26.2 Å². The van der Waals surface area contributed by atoms with Crippen LogP contribution >= 0.6 is 0 Å². The molecule has 2 aliphatic rings. The van der Waals surface area contributed by atoms with Gasteiger partial charge in [0.05, 0.1) is 0 Å². The molecule has 0 aromatic heterocycles. The van der Waals surface area contributed by atoms with Crippen LogP contribution in [0.25, 0.3) is 0 Å². The minimum Gasteiger partial charge on any atom is -0.339 e. The molecule has 2 aliphatic heterocycles. The van der Waals surface area contributed by atoms with Crippen LogP contribution in [0.2, 0.25) is 0 Å². The van der Waals surface area contributed by atoms with Crippen LogP contribution in [-0.4, -0.2) is 47.8 Å². The number of carbonyl (C=O) groups is 2. The smallest absolute Gasteiger partial charge is 0.245 e. The molecule has 4 heteroatoms. The molecule has 0 saturated carbocycles. The van der Waals surface area contributed by atoms with E-state index in [2.05, 4.69) is 13.2 Å². The quantitative estimate of drug-likeness (QED) is 0.728. The van der Waals surface area contributed by atoms with Crippen molar-refractivity contribution in [3.63, 3.8) is 0 Å². The lowest BCUT2D eigenvalue weighted by Crippen LogP contribution is -2.34. The molecule has 2 rings (SSSR count). The normalized spacial score (nSPS) is 18.6. The molecule has 0 aromatic rings. The van der Waals surface area contributed by atoms with Crippen molar-refractivity contribution in [2.24, 2.45) is 0 Å². The van der Waals surface area contributed by atoms with E-state index in [0.717, 1.165) is 51.9 Å². The highest BCUT2D eigenvalue weighted by molar-refractivity contribution is 5.87. The Morgan fingerprint density at radius 3 is 1.20 bits per heavy atom. The van der Waals surface area contributed by atoms with Crippen molar-refractivity contribution < 1.29 is 9.59 Å². The van der Waals surface area contributed by atoms with E-state index >= 15 is 0 Å². The first kappa shape index (κ1) is 16.5. The van der Waals surface area contributed by atoms with Gasteiger partial charge in [-0.25, -0.2) is 0 Å². The predicted molar refractivity (Wildman–Crippen MR) is 81.3 cm³/mol. The van der Waals surface area contributed by atoms with Crippen LogP contribution in [0.3, 0.4) is 0 Å². The summed E-state index contributed by atoms with van der Waals surface area (Å²) in [5.41, 5.74) is 0. The Hall–Kier alpha value is -1.58. The van der Waals surface area contributed by atoms with Gasteiger partial charge in [-0.15, -0.1) is 0 Å². The summed E-state index contributed by atoms with van der Waals surface area (Å²) < 4.78 is 0. The number of hydrogen-bond donors (Lipinski definition) is 0. The van der Waals surface area contributed by atoms with Crippen LogP contribution in [-0.2, 0) is 9.59 Å². The lowest BCUT2D eigenvalue weighted by Gasteiger charge is -2.25. The van der Waals surface area contributed by atoms with Crippen molar-refractivity contribution in [3.05, 3.63) is 25.3 Å². The monoisotopic (exact) mass is 278 g/mol. The van der Waals surface area contributed by atoms with Gasteiger partial charge in [-0.2, -0.15) is 0 Å². The van der Waals surface area contributed by atoms with E-state index in [1.165, 1.54) is 25.0 Å². The molecule has 0 aromatic carbocycles. The second kappa shape index (κ2) is 9.34. The summed E-state index contributed by atoms with van der Waals surface area (Å²) in [7, 11) is 0. The zero-order chi connectivity index (χ0) is 14.8. The molecule has 4 nitrogen and oxygen atoms in total. The van der Waals surface area contributed by atoms with Gasteiger partial charge in [0.2, 0.25) is 11.8 Å². The first-order valence-corrected chi connectivity index (χ1v) is 7.51. The molecule has 0 radical (unpaired) electrons. The van der Waals surface area contributed by atoms with E-state index in [1.54, 1.807) is 0 Å².